The molecule has 2 amide bonds. The highest BCUT2D eigenvalue weighted by Crippen LogP contribution is 2.28. The monoisotopic (exact) mass is 311 g/mol. The first-order valence-corrected chi connectivity index (χ1v) is 7.22. The van der Waals surface area contributed by atoms with Crippen LogP contribution in [0.15, 0.2) is 48.3 Å². The Kier molecular flexibility index (Phi) is 4.25. The Morgan fingerprint density at radius 2 is 2.22 bits per heavy atom. The van der Waals surface area contributed by atoms with Crippen molar-refractivity contribution in [3.63, 3.8) is 0 Å². The molecule has 2 heterocycles. The molecular weight excluding hydrogens is 294 g/mol. The van der Waals surface area contributed by atoms with Crippen LogP contribution in [0.4, 0.5) is 4.79 Å². The number of pyridine rings is 1. The van der Waals surface area contributed by atoms with Crippen LogP contribution in [-0.2, 0) is 6.42 Å². The number of carbonyl (C=O) groups is 1. The number of nitrogens with two attached hydrogens (primary N) is 1. The van der Waals surface area contributed by atoms with Crippen molar-refractivity contribution in [1.29, 1.82) is 0 Å². The molecule has 0 atom stereocenters. The smallest absolute Gasteiger partial charge is 0.338 e. The van der Waals surface area contributed by atoms with Crippen LogP contribution in [0.2, 0.25) is 0 Å². The number of primary amides is 1. The summed E-state index contributed by atoms with van der Waals surface area (Å²) in [5.41, 5.74) is 8.98. The number of fused-ring (bicyclic) bond motifs is 1. The molecule has 0 aliphatic carbocycles. The first kappa shape index (κ1) is 15.1. The Hall–Kier alpha value is -2.86. The van der Waals surface area contributed by atoms with Crippen molar-refractivity contribution in [3.8, 4) is 5.75 Å². The molecule has 6 nitrogen and oxygen atoms in total. The average molecular weight is 311 g/mol. The molecule has 0 radical (unpaired) electrons. The van der Waals surface area contributed by atoms with Gasteiger partial charge in [0.15, 0.2) is 0 Å². The fraction of sp³-hybridized carbons (Fsp3) is 0.176. The number of hydrogen-bond acceptors (Lipinski definition) is 4. The number of nitrogens with zero attached hydrogens (tertiary/aromatic N) is 2. The van der Waals surface area contributed by atoms with Crippen LogP contribution in [0.3, 0.4) is 0 Å². The molecule has 2 aromatic rings. The lowest BCUT2D eigenvalue weighted by Gasteiger charge is -2.21. The van der Waals surface area contributed by atoms with E-state index in [-0.39, 0.29) is 6.54 Å². The lowest BCUT2D eigenvalue weighted by atomic mass is 10.0. The minimum Gasteiger partial charge on any atom is -0.489 e. The first-order valence-electron chi connectivity index (χ1n) is 7.22. The fourth-order valence-electron chi connectivity index (χ4n) is 2.48. The Bertz CT molecular complexity index is 744. The van der Waals surface area contributed by atoms with E-state index in [1.165, 1.54) is 0 Å². The van der Waals surface area contributed by atoms with E-state index in [9.17, 15) is 10.0 Å². The van der Waals surface area contributed by atoms with Crippen molar-refractivity contribution < 1.29 is 14.7 Å². The number of amides is 2. The maximum atomic E-state index is 10.9. The van der Waals surface area contributed by atoms with Gasteiger partial charge in [0.25, 0.3) is 0 Å². The highest BCUT2D eigenvalue weighted by molar-refractivity contribution is 5.71. The second-order valence-corrected chi connectivity index (χ2v) is 5.40. The van der Waals surface area contributed by atoms with Gasteiger partial charge in [-0.1, -0.05) is 12.1 Å². The zero-order valence-corrected chi connectivity index (χ0v) is 12.5. The average Bonchev–Trinajstić information content (AvgIpc) is 2.55. The molecule has 0 bridgehead atoms. The molecule has 0 saturated heterocycles. The number of rotatable bonds is 4. The van der Waals surface area contributed by atoms with Crippen LogP contribution in [0.5, 0.6) is 5.75 Å². The Balaban J connectivity index is 1.79. The van der Waals surface area contributed by atoms with Gasteiger partial charge < -0.3 is 10.5 Å². The maximum absolute atomic E-state index is 10.9. The highest BCUT2D eigenvalue weighted by Gasteiger charge is 2.15. The number of benzene rings is 1. The number of carbonyl (C=O) groups excluding carboxylic acids is 1. The van der Waals surface area contributed by atoms with Crippen LogP contribution in [0.25, 0.3) is 6.08 Å². The summed E-state index contributed by atoms with van der Waals surface area (Å²) in [6.45, 7) is 0.348. The fourth-order valence-corrected chi connectivity index (χ4v) is 2.48. The van der Waals surface area contributed by atoms with E-state index < -0.39 is 6.03 Å². The third kappa shape index (κ3) is 3.67. The van der Waals surface area contributed by atoms with Gasteiger partial charge in [0.1, 0.15) is 12.4 Å². The molecule has 0 spiro atoms. The van der Waals surface area contributed by atoms with Crippen molar-refractivity contribution in [2.24, 2.45) is 5.73 Å². The van der Waals surface area contributed by atoms with E-state index in [4.69, 9.17) is 10.5 Å². The summed E-state index contributed by atoms with van der Waals surface area (Å²) in [4.78, 5) is 15.0. The standard InChI is InChI=1S/C17H17N3O3/c18-17(21)20(22)10-14-8-15-7-12(3-4-16(15)23-11-14)6-13-2-1-5-19-9-13/h1-5,7-9,22H,6,10-11H2,(H2,18,21). The lowest BCUT2D eigenvalue weighted by Crippen LogP contribution is -2.35. The largest absolute Gasteiger partial charge is 0.489 e. The van der Waals surface area contributed by atoms with Crippen LogP contribution < -0.4 is 10.5 Å². The molecule has 3 N–H and O–H groups in total. The van der Waals surface area contributed by atoms with Crippen LogP contribution in [-0.4, -0.2) is 34.4 Å². The second-order valence-electron chi connectivity index (χ2n) is 5.40. The summed E-state index contributed by atoms with van der Waals surface area (Å²) in [7, 11) is 0. The molecular formula is C17H17N3O3. The SMILES string of the molecule is NC(=O)N(O)CC1=Cc2cc(Cc3cccnc3)ccc2OC1. The molecule has 3 rings (SSSR count). The number of hydroxylamine groups is 2. The van der Waals surface area contributed by atoms with Gasteiger partial charge in [-0.2, -0.15) is 0 Å². The van der Waals surface area contributed by atoms with E-state index in [1.54, 1.807) is 6.20 Å². The van der Waals surface area contributed by atoms with Gasteiger partial charge in [-0.05, 0) is 47.4 Å². The molecule has 0 fully saturated rings. The third-order valence-corrected chi connectivity index (χ3v) is 3.59. The molecule has 1 aliphatic rings. The predicted molar refractivity (Wildman–Crippen MR) is 85.0 cm³/mol. The molecule has 118 valence electrons. The number of urea groups is 1. The zero-order chi connectivity index (χ0) is 16.2. The topological polar surface area (TPSA) is 88.7 Å². The van der Waals surface area contributed by atoms with E-state index >= 15 is 0 Å². The van der Waals surface area contributed by atoms with Crippen molar-refractivity contribution in [2.45, 2.75) is 6.42 Å². The molecule has 1 aromatic carbocycles. The summed E-state index contributed by atoms with van der Waals surface area (Å²) in [5, 5.41) is 9.90. The summed E-state index contributed by atoms with van der Waals surface area (Å²) >= 11 is 0. The quantitative estimate of drug-likeness (QED) is 0.669. The zero-order valence-electron chi connectivity index (χ0n) is 12.5. The second kappa shape index (κ2) is 6.50. The van der Waals surface area contributed by atoms with Crippen LogP contribution >= 0.6 is 0 Å². The lowest BCUT2D eigenvalue weighted by molar-refractivity contribution is -0.0321. The minimum absolute atomic E-state index is 0.0294. The van der Waals surface area contributed by atoms with Gasteiger partial charge in [0.05, 0.1) is 6.54 Å². The third-order valence-electron chi connectivity index (χ3n) is 3.59. The number of ether oxygens (including phenoxy) is 1. The Morgan fingerprint density at radius 1 is 1.35 bits per heavy atom. The molecule has 6 heteroatoms. The number of aromatic nitrogens is 1. The van der Waals surface area contributed by atoms with Crippen molar-refractivity contribution in [1.82, 2.24) is 10.0 Å². The van der Waals surface area contributed by atoms with E-state index in [1.807, 2.05) is 42.6 Å². The highest BCUT2D eigenvalue weighted by atomic mass is 16.5. The minimum atomic E-state index is -0.887. The molecule has 1 aromatic heterocycles. The van der Waals surface area contributed by atoms with E-state index in [0.29, 0.717) is 11.7 Å². The summed E-state index contributed by atoms with van der Waals surface area (Å²) < 4.78 is 5.65. The molecule has 1 aliphatic heterocycles. The van der Waals surface area contributed by atoms with E-state index in [0.717, 1.165) is 34.4 Å². The van der Waals surface area contributed by atoms with Gasteiger partial charge in [0, 0.05) is 18.0 Å². The Morgan fingerprint density at radius 3 is 2.96 bits per heavy atom. The van der Waals surface area contributed by atoms with Gasteiger partial charge in [-0.3, -0.25) is 10.2 Å². The first-order chi connectivity index (χ1) is 11.1. The van der Waals surface area contributed by atoms with E-state index in [2.05, 4.69) is 4.98 Å². The molecule has 0 unspecified atom stereocenters. The maximum Gasteiger partial charge on any atom is 0.338 e. The number of hydrogen-bond donors (Lipinski definition) is 2. The van der Waals surface area contributed by atoms with Crippen molar-refractivity contribution >= 4 is 12.1 Å². The van der Waals surface area contributed by atoms with Crippen LogP contribution in [0.1, 0.15) is 16.7 Å². The van der Waals surface area contributed by atoms with Crippen molar-refractivity contribution in [2.75, 3.05) is 13.2 Å². The van der Waals surface area contributed by atoms with Gasteiger partial charge in [-0.15, -0.1) is 0 Å². The Labute approximate surface area is 133 Å². The van der Waals surface area contributed by atoms with Crippen LogP contribution in [0, 0.1) is 0 Å². The van der Waals surface area contributed by atoms with Gasteiger partial charge in [-0.25, -0.2) is 9.86 Å². The summed E-state index contributed by atoms with van der Waals surface area (Å²) in [5.74, 6) is 0.784. The molecule has 23 heavy (non-hydrogen) atoms. The summed E-state index contributed by atoms with van der Waals surface area (Å²) in [6, 6.07) is 9.04. The van der Waals surface area contributed by atoms with Crippen molar-refractivity contribution in [3.05, 3.63) is 65.0 Å². The predicted octanol–water partition coefficient (Wildman–Crippen LogP) is 2.22. The normalized spacial score (nSPS) is 12.8. The van der Waals surface area contributed by atoms with Gasteiger partial charge >= 0.3 is 6.03 Å². The molecule has 0 saturated carbocycles. The summed E-state index contributed by atoms with van der Waals surface area (Å²) in [6.07, 6.45) is 6.28. The van der Waals surface area contributed by atoms with Gasteiger partial charge in [0.2, 0.25) is 0 Å².